The van der Waals surface area contributed by atoms with Gasteiger partial charge in [-0.1, -0.05) is 32.9 Å². The number of hydrogen-bond donors (Lipinski definition) is 2. The molecule has 0 heterocycles. The molecule has 1 atom stereocenters. The summed E-state index contributed by atoms with van der Waals surface area (Å²) in [6.07, 6.45) is 0.0447. The Morgan fingerprint density at radius 2 is 1.80 bits per heavy atom. The molecule has 0 spiro atoms. The van der Waals surface area contributed by atoms with Crippen LogP contribution >= 0.6 is 0 Å². The molecule has 3 nitrogen and oxygen atoms in total. The van der Waals surface area contributed by atoms with Crippen molar-refractivity contribution in [1.29, 1.82) is 0 Å². The Balaban J connectivity index is 2.65. The Morgan fingerprint density at radius 3 is 2.30 bits per heavy atom. The lowest BCUT2D eigenvalue weighted by Gasteiger charge is -2.31. The molecule has 1 rings (SSSR count). The molecule has 0 radical (unpaired) electrons. The third kappa shape index (κ3) is 6.46. The van der Waals surface area contributed by atoms with E-state index in [1.807, 2.05) is 0 Å². The zero-order valence-electron chi connectivity index (χ0n) is 12.6. The first-order valence-electron chi connectivity index (χ1n) is 7.08. The van der Waals surface area contributed by atoms with Crippen LogP contribution in [0.3, 0.4) is 0 Å². The van der Waals surface area contributed by atoms with E-state index in [0.29, 0.717) is 18.5 Å². The van der Waals surface area contributed by atoms with Crippen LogP contribution in [0, 0.1) is 11.2 Å². The highest BCUT2D eigenvalue weighted by Gasteiger charge is 2.19. The topological polar surface area (TPSA) is 43.7 Å². The number of benzene rings is 1. The first kappa shape index (κ1) is 17.1. The van der Waals surface area contributed by atoms with E-state index in [1.165, 1.54) is 12.1 Å². The van der Waals surface area contributed by atoms with Gasteiger partial charge in [0.05, 0.1) is 6.10 Å². The van der Waals surface area contributed by atoms with Crippen molar-refractivity contribution in [2.75, 3.05) is 26.2 Å². The summed E-state index contributed by atoms with van der Waals surface area (Å²) in [6, 6.07) is 5.95. The molecule has 0 saturated heterocycles. The molecule has 0 aliphatic heterocycles. The molecule has 2 N–H and O–H groups in total. The highest BCUT2D eigenvalue weighted by molar-refractivity contribution is 5.18. The molecule has 0 aliphatic rings. The summed E-state index contributed by atoms with van der Waals surface area (Å²) in [4.78, 5) is 2.14. The molecule has 0 bridgehead atoms. The summed E-state index contributed by atoms with van der Waals surface area (Å²) >= 11 is 0. The Hall–Kier alpha value is -0.970. The van der Waals surface area contributed by atoms with E-state index in [9.17, 15) is 9.50 Å². The third-order valence-electron chi connectivity index (χ3n) is 3.02. The average Bonchev–Trinajstić information content (AvgIpc) is 2.35. The van der Waals surface area contributed by atoms with Gasteiger partial charge in [0, 0.05) is 26.2 Å². The van der Waals surface area contributed by atoms with Crippen LogP contribution in [0.4, 0.5) is 4.39 Å². The van der Waals surface area contributed by atoms with Gasteiger partial charge < -0.3 is 10.2 Å². The Kier molecular flexibility index (Phi) is 6.59. The number of rotatable bonds is 7. The van der Waals surface area contributed by atoms with Crippen molar-refractivity contribution >= 4 is 0 Å². The minimum absolute atomic E-state index is 0.123. The third-order valence-corrected chi connectivity index (χ3v) is 3.02. The van der Waals surface area contributed by atoms with Crippen molar-refractivity contribution < 1.29 is 14.6 Å². The Labute approximate surface area is 121 Å². The largest absolute Gasteiger partial charge is 0.396 e. The molecule has 0 saturated carbocycles. The van der Waals surface area contributed by atoms with Gasteiger partial charge in [0.1, 0.15) is 5.82 Å². The lowest BCUT2D eigenvalue weighted by molar-refractivity contribution is 0.0869. The summed E-state index contributed by atoms with van der Waals surface area (Å²) in [6.45, 7) is 8.64. The van der Waals surface area contributed by atoms with Gasteiger partial charge in [-0.2, -0.15) is 0 Å². The molecule has 0 fully saturated rings. The van der Waals surface area contributed by atoms with E-state index in [0.717, 1.165) is 13.1 Å². The van der Waals surface area contributed by atoms with Crippen LogP contribution in [0.1, 0.15) is 38.9 Å². The minimum Gasteiger partial charge on any atom is -0.396 e. The van der Waals surface area contributed by atoms with Crippen LogP contribution in [0.15, 0.2) is 24.3 Å². The standard InChI is InChI=1S/C16H26FNO2/c1-16(2,3)12-18(9-4-10-19)11-15(20)13-5-7-14(17)8-6-13/h5-8,15,19-20H,4,9-12H2,1-3H3. The average molecular weight is 283 g/mol. The smallest absolute Gasteiger partial charge is 0.123 e. The molecule has 1 unspecified atom stereocenters. The lowest BCUT2D eigenvalue weighted by Crippen LogP contribution is -2.36. The normalized spacial score (nSPS) is 13.8. The van der Waals surface area contributed by atoms with Crippen LogP contribution < -0.4 is 0 Å². The fourth-order valence-electron chi connectivity index (χ4n) is 2.23. The molecule has 1 aromatic rings. The lowest BCUT2D eigenvalue weighted by atomic mass is 9.95. The van der Waals surface area contributed by atoms with Crippen LogP contribution in [0.2, 0.25) is 0 Å². The first-order chi connectivity index (χ1) is 9.31. The van der Waals surface area contributed by atoms with Crippen molar-refractivity contribution in [3.8, 4) is 0 Å². The summed E-state index contributed by atoms with van der Waals surface area (Å²) < 4.78 is 12.9. The molecule has 0 amide bonds. The summed E-state index contributed by atoms with van der Waals surface area (Å²) in [7, 11) is 0. The molecule has 20 heavy (non-hydrogen) atoms. The molecule has 4 heteroatoms. The number of hydrogen-bond acceptors (Lipinski definition) is 3. The number of halogens is 1. The van der Waals surface area contributed by atoms with Gasteiger partial charge in [0.15, 0.2) is 0 Å². The SMILES string of the molecule is CC(C)(C)CN(CCCO)CC(O)c1ccc(F)cc1. The minimum atomic E-state index is -0.642. The zero-order valence-corrected chi connectivity index (χ0v) is 12.6. The second-order valence-corrected chi connectivity index (χ2v) is 6.44. The monoisotopic (exact) mass is 283 g/mol. The van der Waals surface area contributed by atoms with E-state index in [2.05, 4.69) is 25.7 Å². The van der Waals surface area contributed by atoms with Gasteiger partial charge in [-0.05, 0) is 29.5 Å². The highest BCUT2D eigenvalue weighted by atomic mass is 19.1. The second-order valence-electron chi connectivity index (χ2n) is 6.44. The van der Waals surface area contributed by atoms with Crippen molar-refractivity contribution in [2.45, 2.75) is 33.3 Å². The van der Waals surface area contributed by atoms with Crippen molar-refractivity contribution in [3.05, 3.63) is 35.6 Å². The molecular formula is C16H26FNO2. The maximum atomic E-state index is 12.9. The molecule has 1 aromatic carbocycles. The van der Waals surface area contributed by atoms with Crippen LogP contribution in [0.25, 0.3) is 0 Å². The van der Waals surface area contributed by atoms with Gasteiger partial charge in [0.25, 0.3) is 0 Å². The van der Waals surface area contributed by atoms with Gasteiger partial charge in [-0.3, -0.25) is 4.90 Å². The van der Waals surface area contributed by atoms with E-state index in [-0.39, 0.29) is 17.8 Å². The Morgan fingerprint density at radius 1 is 1.20 bits per heavy atom. The fourth-order valence-corrected chi connectivity index (χ4v) is 2.23. The quantitative estimate of drug-likeness (QED) is 0.808. The summed E-state index contributed by atoms with van der Waals surface area (Å²) in [5.74, 6) is -0.298. The van der Waals surface area contributed by atoms with Crippen LogP contribution in [0.5, 0.6) is 0 Å². The van der Waals surface area contributed by atoms with Crippen molar-refractivity contribution in [2.24, 2.45) is 5.41 Å². The maximum absolute atomic E-state index is 12.9. The van der Waals surface area contributed by atoms with E-state index in [1.54, 1.807) is 12.1 Å². The van der Waals surface area contributed by atoms with Gasteiger partial charge in [-0.25, -0.2) is 4.39 Å². The number of aliphatic hydroxyl groups excluding tert-OH is 2. The summed E-state index contributed by atoms with van der Waals surface area (Å²) in [5, 5.41) is 19.2. The van der Waals surface area contributed by atoms with Crippen LogP contribution in [-0.2, 0) is 0 Å². The predicted octanol–water partition coefficient (Wildman–Crippen LogP) is 2.59. The van der Waals surface area contributed by atoms with Gasteiger partial charge in [0.2, 0.25) is 0 Å². The van der Waals surface area contributed by atoms with Gasteiger partial charge >= 0.3 is 0 Å². The molecule has 114 valence electrons. The van der Waals surface area contributed by atoms with Crippen molar-refractivity contribution in [3.63, 3.8) is 0 Å². The van der Waals surface area contributed by atoms with Crippen molar-refractivity contribution in [1.82, 2.24) is 4.90 Å². The highest BCUT2D eigenvalue weighted by Crippen LogP contribution is 2.20. The molecular weight excluding hydrogens is 257 g/mol. The van der Waals surface area contributed by atoms with E-state index in [4.69, 9.17) is 5.11 Å². The summed E-state index contributed by atoms with van der Waals surface area (Å²) in [5.41, 5.74) is 0.840. The zero-order chi connectivity index (χ0) is 15.2. The molecule has 0 aromatic heterocycles. The predicted molar refractivity (Wildman–Crippen MR) is 79.0 cm³/mol. The fraction of sp³-hybridized carbons (Fsp3) is 0.625. The van der Waals surface area contributed by atoms with Gasteiger partial charge in [-0.15, -0.1) is 0 Å². The maximum Gasteiger partial charge on any atom is 0.123 e. The van der Waals surface area contributed by atoms with Crippen LogP contribution in [-0.4, -0.2) is 41.4 Å². The first-order valence-corrected chi connectivity index (χ1v) is 7.08. The Bertz CT molecular complexity index is 386. The van der Waals surface area contributed by atoms with E-state index < -0.39 is 6.10 Å². The number of nitrogens with zero attached hydrogens (tertiary/aromatic N) is 1. The molecule has 0 aliphatic carbocycles. The second kappa shape index (κ2) is 7.72. The number of aliphatic hydroxyl groups is 2. The van der Waals surface area contributed by atoms with E-state index >= 15 is 0 Å².